The fourth-order valence-corrected chi connectivity index (χ4v) is 2.02. The first-order valence-electron chi connectivity index (χ1n) is 3.95. The lowest BCUT2D eigenvalue weighted by molar-refractivity contribution is 0.720. The third kappa shape index (κ3) is 2.10. The van der Waals surface area contributed by atoms with E-state index < -0.39 is 0 Å². The average molecular weight is 274 g/mol. The van der Waals surface area contributed by atoms with Crippen LogP contribution in [0.2, 0.25) is 0 Å². The van der Waals surface area contributed by atoms with Gasteiger partial charge in [-0.1, -0.05) is 11.3 Å². The molecule has 74 valence electrons. The number of aryl methyl sites for hydroxylation is 1. The fraction of sp³-hybridized carbons (Fsp3) is 0.286. The average Bonchev–Trinajstić information content (AvgIpc) is 2.72. The first kappa shape index (κ1) is 9.60. The summed E-state index contributed by atoms with van der Waals surface area (Å²) in [5, 5.41) is 15.8. The van der Waals surface area contributed by atoms with Crippen LogP contribution in [0.1, 0.15) is 5.69 Å². The third-order valence-corrected chi connectivity index (χ3v) is 3.06. The molecule has 2 rings (SSSR count). The van der Waals surface area contributed by atoms with Gasteiger partial charge in [-0.15, -0.1) is 10.2 Å². The van der Waals surface area contributed by atoms with Crippen molar-refractivity contribution in [3.8, 4) is 0 Å². The van der Waals surface area contributed by atoms with Crippen molar-refractivity contribution in [2.24, 2.45) is 7.05 Å². The molecule has 0 radical (unpaired) electrons. The number of aromatic nitrogens is 4. The van der Waals surface area contributed by atoms with Crippen LogP contribution in [0.15, 0.2) is 16.2 Å². The van der Waals surface area contributed by atoms with Crippen molar-refractivity contribution in [3.63, 3.8) is 0 Å². The van der Waals surface area contributed by atoms with Gasteiger partial charge < -0.3 is 5.32 Å². The molecular weight excluding hydrogens is 266 g/mol. The van der Waals surface area contributed by atoms with Gasteiger partial charge in [-0.05, 0) is 22.0 Å². The molecule has 0 saturated carbocycles. The van der Waals surface area contributed by atoms with Crippen molar-refractivity contribution in [2.45, 2.75) is 6.54 Å². The molecule has 0 amide bonds. The molecule has 0 aromatic carbocycles. The van der Waals surface area contributed by atoms with Gasteiger partial charge in [0.15, 0.2) is 3.92 Å². The van der Waals surface area contributed by atoms with E-state index in [9.17, 15) is 0 Å². The Morgan fingerprint density at radius 3 is 3.00 bits per heavy atom. The Balaban J connectivity index is 1.98. The van der Waals surface area contributed by atoms with E-state index >= 15 is 0 Å². The largest absolute Gasteiger partial charge is 0.354 e. The van der Waals surface area contributed by atoms with Gasteiger partial charge in [-0.3, -0.25) is 4.68 Å². The smallest absolute Gasteiger partial charge is 0.206 e. The second-order valence-electron chi connectivity index (χ2n) is 2.66. The van der Waals surface area contributed by atoms with Crippen LogP contribution < -0.4 is 5.32 Å². The summed E-state index contributed by atoms with van der Waals surface area (Å²) >= 11 is 4.72. The molecule has 0 fully saturated rings. The summed E-state index contributed by atoms with van der Waals surface area (Å²) in [4.78, 5) is 0. The molecule has 0 unspecified atom stereocenters. The minimum Gasteiger partial charge on any atom is -0.354 e. The van der Waals surface area contributed by atoms with Crippen LogP contribution in [0, 0.1) is 0 Å². The summed E-state index contributed by atoms with van der Waals surface area (Å²) in [7, 11) is 1.91. The summed E-state index contributed by atoms with van der Waals surface area (Å²) in [6, 6.07) is 1.96. The number of hydrogen-bond donors (Lipinski definition) is 1. The third-order valence-electron chi connectivity index (χ3n) is 1.74. The molecule has 2 aromatic rings. The molecule has 0 spiro atoms. The standard InChI is InChI=1S/C7H8BrN5S/c1-13-5(2-3-10-13)4-9-7-12-11-6(8)14-7/h2-3H,4H2,1H3,(H,9,12). The highest BCUT2D eigenvalue weighted by Gasteiger charge is 2.02. The molecular formula is C7H8BrN5S. The predicted molar refractivity (Wildman–Crippen MR) is 58.1 cm³/mol. The van der Waals surface area contributed by atoms with Crippen molar-refractivity contribution < 1.29 is 0 Å². The maximum atomic E-state index is 4.07. The molecule has 0 saturated heterocycles. The highest BCUT2D eigenvalue weighted by atomic mass is 79.9. The van der Waals surface area contributed by atoms with Gasteiger partial charge in [0.1, 0.15) is 0 Å². The van der Waals surface area contributed by atoms with Crippen LogP contribution in [-0.2, 0) is 13.6 Å². The summed E-state index contributed by atoms with van der Waals surface area (Å²) in [5.41, 5.74) is 1.11. The second-order valence-corrected chi connectivity index (χ2v) is 4.91. The Morgan fingerprint density at radius 2 is 2.43 bits per heavy atom. The Bertz CT molecular complexity index is 423. The Kier molecular flexibility index (Phi) is 2.78. The molecule has 7 heteroatoms. The first-order chi connectivity index (χ1) is 6.75. The van der Waals surface area contributed by atoms with Crippen LogP contribution in [0.25, 0.3) is 0 Å². The zero-order valence-electron chi connectivity index (χ0n) is 7.44. The lowest BCUT2D eigenvalue weighted by Crippen LogP contribution is -2.05. The molecule has 0 bridgehead atoms. The molecule has 0 atom stereocenters. The van der Waals surface area contributed by atoms with Crippen LogP contribution >= 0.6 is 27.3 Å². The number of anilines is 1. The number of nitrogens with zero attached hydrogens (tertiary/aromatic N) is 4. The van der Waals surface area contributed by atoms with Gasteiger partial charge in [-0.25, -0.2) is 0 Å². The number of halogens is 1. The van der Waals surface area contributed by atoms with Crippen molar-refractivity contribution in [1.29, 1.82) is 0 Å². The van der Waals surface area contributed by atoms with Crippen LogP contribution in [0.3, 0.4) is 0 Å². The lowest BCUT2D eigenvalue weighted by Gasteiger charge is -2.01. The molecule has 0 aliphatic rings. The van der Waals surface area contributed by atoms with Crippen molar-refractivity contribution in [2.75, 3.05) is 5.32 Å². The van der Waals surface area contributed by atoms with Crippen molar-refractivity contribution in [3.05, 3.63) is 21.9 Å². The zero-order valence-corrected chi connectivity index (χ0v) is 9.84. The molecule has 1 N–H and O–H groups in total. The van der Waals surface area contributed by atoms with Gasteiger partial charge in [0, 0.05) is 13.2 Å². The number of nitrogens with one attached hydrogen (secondary N) is 1. The quantitative estimate of drug-likeness (QED) is 0.924. The molecule has 2 aromatic heterocycles. The van der Waals surface area contributed by atoms with E-state index in [-0.39, 0.29) is 0 Å². The van der Waals surface area contributed by atoms with E-state index in [4.69, 9.17) is 0 Å². The monoisotopic (exact) mass is 273 g/mol. The van der Waals surface area contributed by atoms with Gasteiger partial charge >= 0.3 is 0 Å². The van der Waals surface area contributed by atoms with E-state index in [0.717, 1.165) is 14.7 Å². The van der Waals surface area contributed by atoms with E-state index in [2.05, 4.69) is 36.5 Å². The molecule has 5 nitrogen and oxygen atoms in total. The first-order valence-corrected chi connectivity index (χ1v) is 5.56. The normalized spacial score (nSPS) is 10.4. The fourth-order valence-electron chi connectivity index (χ4n) is 1.02. The van der Waals surface area contributed by atoms with Crippen molar-refractivity contribution in [1.82, 2.24) is 20.0 Å². The maximum Gasteiger partial charge on any atom is 0.206 e. The van der Waals surface area contributed by atoms with Gasteiger partial charge in [0.2, 0.25) is 5.13 Å². The van der Waals surface area contributed by atoms with Gasteiger partial charge in [0.05, 0.1) is 12.2 Å². The second kappa shape index (κ2) is 4.05. The predicted octanol–water partition coefficient (Wildman–Crippen LogP) is 1.65. The SMILES string of the molecule is Cn1nccc1CNc1nnc(Br)s1. The van der Waals surface area contributed by atoms with Gasteiger partial charge in [0.25, 0.3) is 0 Å². The topological polar surface area (TPSA) is 55.6 Å². The molecule has 0 aliphatic heterocycles. The number of hydrogen-bond acceptors (Lipinski definition) is 5. The van der Waals surface area contributed by atoms with E-state index in [0.29, 0.717) is 6.54 Å². The summed E-state index contributed by atoms with van der Waals surface area (Å²) in [6.07, 6.45) is 1.77. The number of rotatable bonds is 3. The minimum absolute atomic E-state index is 0.706. The highest BCUT2D eigenvalue weighted by molar-refractivity contribution is 9.11. The van der Waals surface area contributed by atoms with Crippen LogP contribution in [0.4, 0.5) is 5.13 Å². The molecule has 14 heavy (non-hydrogen) atoms. The van der Waals surface area contributed by atoms with Crippen LogP contribution in [-0.4, -0.2) is 20.0 Å². The van der Waals surface area contributed by atoms with Gasteiger partial charge in [-0.2, -0.15) is 5.10 Å². The van der Waals surface area contributed by atoms with E-state index in [1.54, 1.807) is 6.20 Å². The minimum atomic E-state index is 0.706. The highest BCUT2D eigenvalue weighted by Crippen LogP contribution is 2.20. The maximum absolute atomic E-state index is 4.07. The summed E-state index contributed by atoms with van der Waals surface area (Å²) in [6.45, 7) is 0.706. The molecule has 0 aliphatic carbocycles. The van der Waals surface area contributed by atoms with E-state index in [1.807, 2.05) is 17.8 Å². The Hall–Kier alpha value is -0.950. The summed E-state index contributed by atoms with van der Waals surface area (Å²) in [5.74, 6) is 0. The van der Waals surface area contributed by atoms with Crippen molar-refractivity contribution >= 4 is 32.4 Å². The van der Waals surface area contributed by atoms with Crippen LogP contribution in [0.5, 0.6) is 0 Å². The lowest BCUT2D eigenvalue weighted by atomic mass is 10.4. The Labute approximate surface area is 93.3 Å². The Morgan fingerprint density at radius 1 is 1.57 bits per heavy atom. The summed E-state index contributed by atoms with van der Waals surface area (Å²) < 4.78 is 2.60. The van der Waals surface area contributed by atoms with E-state index in [1.165, 1.54) is 11.3 Å². The zero-order chi connectivity index (χ0) is 9.97. The molecule has 2 heterocycles.